The molecule has 1 N–H and O–H groups in total. The molecule has 0 radical (unpaired) electrons. The highest BCUT2D eigenvalue weighted by atomic mass is 79.9. The van der Waals surface area contributed by atoms with Gasteiger partial charge in [-0.3, -0.25) is 4.98 Å². The van der Waals surface area contributed by atoms with Crippen molar-refractivity contribution in [1.82, 2.24) is 10.3 Å². The van der Waals surface area contributed by atoms with Crippen LogP contribution >= 0.6 is 15.9 Å². The molecular formula is C14H23BrN2O. The number of halogens is 1. The van der Waals surface area contributed by atoms with E-state index in [4.69, 9.17) is 4.74 Å². The summed E-state index contributed by atoms with van der Waals surface area (Å²) >= 11 is 3.47. The molecule has 0 saturated heterocycles. The maximum Gasteiger partial charge on any atom is 0.0462 e. The van der Waals surface area contributed by atoms with Gasteiger partial charge in [-0.05, 0) is 59.8 Å². The van der Waals surface area contributed by atoms with Crippen molar-refractivity contribution in [2.75, 3.05) is 20.3 Å². The molecule has 1 heterocycles. The summed E-state index contributed by atoms with van der Waals surface area (Å²) in [7, 11) is 1.76. The van der Waals surface area contributed by atoms with E-state index in [2.05, 4.69) is 39.2 Å². The predicted molar refractivity (Wildman–Crippen MR) is 78.8 cm³/mol. The second-order valence-electron chi connectivity index (χ2n) is 4.50. The number of rotatable bonds is 9. The zero-order chi connectivity index (χ0) is 13.2. The minimum atomic E-state index is 0.510. The van der Waals surface area contributed by atoms with E-state index >= 15 is 0 Å². The fraction of sp³-hybridized carbons (Fsp3) is 0.643. The molecule has 18 heavy (non-hydrogen) atoms. The minimum absolute atomic E-state index is 0.510. The van der Waals surface area contributed by atoms with Gasteiger partial charge in [-0.2, -0.15) is 0 Å². The van der Waals surface area contributed by atoms with Gasteiger partial charge in [-0.15, -0.1) is 0 Å². The van der Waals surface area contributed by atoms with Crippen LogP contribution in [0.5, 0.6) is 0 Å². The Kier molecular flexibility index (Phi) is 8.22. The topological polar surface area (TPSA) is 34.1 Å². The van der Waals surface area contributed by atoms with Gasteiger partial charge in [0.2, 0.25) is 0 Å². The van der Waals surface area contributed by atoms with Crippen LogP contribution in [0.2, 0.25) is 0 Å². The number of ether oxygens (including phenoxy) is 1. The highest BCUT2D eigenvalue weighted by Crippen LogP contribution is 2.13. The highest BCUT2D eigenvalue weighted by molar-refractivity contribution is 9.10. The quantitative estimate of drug-likeness (QED) is 0.711. The summed E-state index contributed by atoms with van der Waals surface area (Å²) in [5, 5.41) is 3.60. The molecule has 1 atom stereocenters. The summed E-state index contributed by atoms with van der Waals surface area (Å²) in [6.45, 7) is 4.10. The molecule has 4 heteroatoms. The summed E-state index contributed by atoms with van der Waals surface area (Å²) in [6, 6.07) is 2.65. The van der Waals surface area contributed by atoms with Gasteiger partial charge in [0, 0.05) is 36.6 Å². The molecule has 102 valence electrons. The summed E-state index contributed by atoms with van der Waals surface area (Å²) in [5.41, 5.74) is 1.27. The maximum atomic E-state index is 5.12. The molecule has 0 aliphatic heterocycles. The molecule has 0 aromatic carbocycles. The van der Waals surface area contributed by atoms with Gasteiger partial charge in [0.15, 0.2) is 0 Å². The summed E-state index contributed by atoms with van der Waals surface area (Å²) in [4.78, 5) is 4.21. The number of hydrogen-bond acceptors (Lipinski definition) is 3. The van der Waals surface area contributed by atoms with E-state index in [0.29, 0.717) is 6.04 Å². The van der Waals surface area contributed by atoms with Gasteiger partial charge < -0.3 is 10.1 Å². The van der Waals surface area contributed by atoms with Crippen LogP contribution in [0.25, 0.3) is 0 Å². The largest absolute Gasteiger partial charge is 0.385 e. The van der Waals surface area contributed by atoms with Crippen molar-refractivity contribution >= 4 is 15.9 Å². The first-order valence-corrected chi connectivity index (χ1v) is 7.37. The van der Waals surface area contributed by atoms with Gasteiger partial charge in [-0.1, -0.05) is 6.92 Å². The molecule has 1 unspecified atom stereocenters. The van der Waals surface area contributed by atoms with Crippen LogP contribution in [0, 0.1) is 0 Å². The molecule has 0 bridgehead atoms. The molecule has 1 rings (SSSR count). The Morgan fingerprint density at radius 1 is 1.44 bits per heavy atom. The Balaban J connectivity index is 2.48. The van der Waals surface area contributed by atoms with E-state index in [0.717, 1.165) is 43.3 Å². The molecule has 0 aliphatic carbocycles. The van der Waals surface area contributed by atoms with Crippen LogP contribution in [0.4, 0.5) is 0 Å². The van der Waals surface area contributed by atoms with Gasteiger partial charge >= 0.3 is 0 Å². The SMILES string of the molecule is CCCNC(CCCOC)Cc1cncc(Br)c1. The van der Waals surface area contributed by atoms with E-state index in [1.165, 1.54) is 5.56 Å². The lowest BCUT2D eigenvalue weighted by Gasteiger charge is -2.18. The molecule has 0 spiro atoms. The molecule has 0 saturated carbocycles. The molecule has 1 aromatic rings. The number of hydrogen-bond donors (Lipinski definition) is 1. The van der Waals surface area contributed by atoms with Crippen molar-refractivity contribution in [1.29, 1.82) is 0 Å². The average Bonchev–Trinajstić information content (AvgIpc) is 2.36. The number of nitrogens with zero attached hydrogens (tertiary/aromatic N) is 1. The lowest BCUT2D eigenvalue weighted by atomic mass is 10.0. The zero-order valence-electron chi connectivity index (χ0n) is 11.3. The van der Waals surface area contributed by atoms with E-state index < -0.39 is 0 Å². The van der Waals surface area contributed by atoms with E-state index in [1.54, 1.807) is 7.11 Å². The summed E-state index contributed by atoms with van der Waals surface area (Å²) in [6.07, 6.45) is 8.19. The molecule has 3 nitrogen and oxygen atoms in total. The van der Waals surface area contributed by atoms with Gasteiger partial charge in [0.25, 0.3) is 0 Å². The monoisotopic (exact) mass is 314 g/mol. The van der Waals surface area contributed by atoms with Crippen molar-refractivity contribution in [2.45, 2.75) is 38.6 Å². The second-order valence-corrected chi connectivity index (χ2v) is 5.42. The Bertz CT molecular complexity index is 333. The number of nitrogens with one attached hydrogen (secondary N) is 1. The van der Waals surface area contributed by atoms with Gasteiger partial charge in [0.1, 0.15) is 0 Å². The summed E-state index contributed by atoms with van der Waals surface area (Å²) < 4.78 is 6.17. The lowest BCUT2D eigenvalue weighted by Crippen LogP contribution is -2.32. The van der Waals surface area contributed by atoms with Crippen molar-refractivity contribution in [2.24, 2.45) is 0 Å². The molecule has 0 amide bonds. The third kappa shape index (κ3) is 6.47. The Hall–Kier alpha value is -0.450. The van der Waals surface area contributed by atoms with Gasteiger partial charge in [0.05, 0.1) is 0 Å². The lowest BCUT2D eigenvalue weighted by molar-refractivity contribution is 0.188. The highest BCUT2D eigenvalue weighted by Gasteiger charge is 2.09. The standard InChI is InChI=1S/C14H23BrN2O/c1-3-6-17-14(5-4-7-18-2)9-12-8-13(15)11-16-10-12/h8,10-11,14,17H,3-7,9H2,1-2H3. The molecule has 0 aliphatic rings. The maximum absolute atomic E-state index is 5.12. The van der Waals surface area contributed by atoms with Gasteiger partial charge in [-0.25, -0.2) is 0 Å². The minimum Gasteiger partial charge on any atom is -0.385 e. The average molecular weight is 315 g/mol. The smallest absolute Gasteiger partial charge is 0.0462 e. The van der Waals surface area contributed by atoms with Crippen molar-refractivity contribution in [3.63, 3.8) is 0 Å². The van der Waals surface area contributed by atoms with Crippen LogP contribution in [0.15, 0.2) is 22.9 Å². The van der Waals surface area contributed by atoms with E-state index in [9.17, 15) is 0 Å². The van der Waals surface area contributed by atoms with E-state index in [-0.39, 0.29) is 0 Å². The summed E-state index contributed by atoms with van der Waals surface area (Å²) in [5.74, 6) is 0. The number of pyridine rings is 1. The van der Waals surface area contributed by atoms with Crippen LogP contribution in [-0.2, 0) is 11.2 Å². The number of methoxy groups -OCH3 is 1. The van der Waals surface area contributed by atoms with Crippen LogP contribution < -0.4 is 5.32 Å². The Labute approximate surface area is 118 Å². The third-order valence-electron chi connectivity index (χ3n) is 2.83. The van der Waals surface area contributed by atoms with Crippen molar-refractivity contribution in [3.8, 4) is 0 Å². The first-order chi connectivity index (χ1) is 8.76. The Morgan fingerprint density at radius 3 is 2.94 bits per heavy atom. The van der Waals surface area contributed by atoms with Crippen LogP contribution in [-0.4, -0.2) is 31.3 Å². The molecular weight excluding hydrogens is 292 g/mol. The zero-order valence-corrected chi connectivity index (χ0v) is 12.9. The first kappa shape index (κ1) is 15.6. The second kappa shape index (κ2) is 9.48. The number of aromatic nitrogens is 1. The first-order valence-electron chi connectivity index (χ1n) is 6.58. The van der Waals surface area contributed by atoms with E-state index in [1.807, 2.05) is 12.4 Å². The van der Waals surface area contributed by atoms with Crippen LogP contribution in [0.1, 0.15) is 31.7 Å². The third-order valence-corrected chi connectivity index (χ3v) is 3.26. The fourth-order valence-electron chi connectivity index (χ4n) is 1.95. The predicted octanol–water partition coefficient (Wildman–Crippen LogP) is 3.18. The van der Waals surface area contributed by atoms with Crippen LogP contribution in [0.3, 0.4) is 0 Å². The molecule has 0 fully saturated rings. The van der Waals surface area contributed by atoms with Crippen molar-refractivity contribution < 1.29 is 4.74 Å². The molecule has 1 aromatic heterocycles. The Morgan fingerprint density at radius 2 is 2.28 bits per heavy atom. The normalized spacial score (nSPS) is 12.6. The van der Waals surface area contributed by atoms with Crippen molar-refractivity contribution in [3.05, 3.63) is 28.5 Å². The fourth-order valence-corrected chi connectivity index (χ4v) is 2.36.